The van der Waals surface area contributed by atoms with Crippen LogP contribution in [0.2, 0.25) is 0 Å². The van der Waals surface area contributed by atoms with Gasteiger partial charge < -0.3 is 15.5 Å². The van der Waals surface area contributed by atoms with Crippen LogP contribution in [0, 0.1) is 0 Å². The number of pyridine rings is 1. The van der Waals surface area contributed by atoms with Gasteiger partial charge >= 0.3 is 11.8 Å². The van der Waals surface area contributed by atoms with Crippen LogP contribution in [0.25, 0.3) is 0 Å². The summed E-state index contributed by atoms with van der Waals surface area (Å²) < 4.78 is 0. The van der Waals surface area contributed by atoms with E-state index in [2.05, 4.69) is 43.8 Å². The Balaban J connectivity index is 1.59. The standard InChI is InChI=1S/C21H29N5O2S/c1-3-25-9-11-26(12-10-25)19(18-7-5-13-29-18)16(2)24-21(28)20(27)23-15-17-6-4-8-22-14-17/h4-8,13-14,16,19H,3,9-12,15H2,1-2H3,(H,23,27)(H,24,28)/t16-,19+/m1/s1. The first kappa shape index (κ1) is 21.4. The summed E-state index contributed by atoms with van der Waals surface area (Å²) in [4.78, 5) is 34.8. The summed E-state index contributed by atoms with van der Waals surface area (Å²) in [5, 5.41) is 7.63. The maximum atomic E-state index is 12.5. The Morgan fingerprint density at radius 2 is 1.97 bits per heavy atom. The van der Waals surface area contributed by atoms with Gasteiger partial charge in [-0.05, 0) is 36.5 Å². The molecule has 3 rings (SSSR count). The van der Waals surface area contributed by atoms with Crippen LogP contribution in [0.5, 0.6) is 0 Å². The third kappa shape index (κ3) is 5.85. The largest absolute Gasteiger partial charge is 0.344 e. The summed E-state index contributed by atoms with van der Waals surface area (Å²) >= 11 is 1.69. The number of carbonyl (C=O) groups is 2. The highest BCUT2D eigenvalue weighted by Crippen LogP contribution is 2.29. The maximum Gasteiger partial charge on any atom is 0.309 e. The highest BCUT2D eigenvalue weighted by atomic mass is 32.1. The minimum absolute atomic E-state index is 0.0593. The van der Waals surface area contributed by atoms with E-state index in [1.54, 1.807) is 29.8 Å². The molecule has 2 atom stereocenters. The van der Waals surface area contributed by atoms with E-state index in [1.165, 1.54) is 4.88 Å². The fraction of sp³-hybridized carbons (Fsp3) is 0.476. The van der Waals surface area contributed by atoms with Gasteiger partial charge in [-0.1, -0.05) is 19.1 Å². The lowest BCUT2D eigenvalue weighted by atomic mass is 10.0. The second-order valence-corrected chi connectivity index (χ2v) is 8.22. The quantitative estimate of drug-likeness (QED) is 0.673. The number of piperazine rings is 1. The van der Waals surface area contributed by atoms with Gasteiger partial charge in [-0.15, -0.1) is 11.3 Å². The third-order valence-corrected chi connectivity index (χ3v) is 6.24. The van der Waals surface area contributed by atoms with Gasteiger partial charge in [-0.2, -0.15) is 0 Å². The van der Waals surface area contributed by atoms with Crippen molar-refractivity contribution >= 4 is 23.2 Å². The van der Waals surface area contributed by atoms with Gasteiger partial charge in [0, 0.05) is 56.0 Å². The number of hydrogen-bond donors (Lipinski definition) is 2. The van der Waals surface area contributed by atoms with Crippen molar-refractivity contribution in [3.05, 3.63) is 52.5 Å². The van der Waals surface area contributed by atoms with Crippen LogP contribution in [-0.4, -0.2) is 65.4 Å². The molecule has 1 fully saturated rings. The molecule has 0 aromatic carbocycles. The SMILES string of the molecule is CCN1CCN([C@H](c2cccs2)[C@@H](C)NC(=O)C(=O)NCc2cccnc2)CC1. The highest BCUT2D eigenvalue weighted by molar-refractivity contribution is 7.10. The van der Waals surface area contributed by atoms with Gasteiger partial charge in [-0.3, -0.25) is 19.5 Å². The Hall–Kier alpha value is -2.29. The molecule has 0 aliphatic carbocycles. The Morgan fingerprint density at radius 3 is 2.59 bits per heavy atom. The first-order valence-electron chi connectivity index (χ1n) is 10.1. The molecular weight excluding hydrogens is 386 g/mol. The predicted molar refractivity (Wildman–Crippen MR) is 114 cm³/mol. The Morgan fingerprint density at radius 1 is 1.17 bits per heavy atom. The molecule has 0 spiro atoms. The fourth-order valence-electron chi connectivity index (χ4n) is 3.68. The zero-order valence-electron chi connectivity index (χ0n) is 17.0. The third-order valence-electron chi connectivity index (χ3n) is 5.30. The molecule has 0 saturated carbocycles. The van der Waals surface area contributed by atoms with Gasteiger partial charge in [0.2, 0.25) is 0 Å². The lowest BCUT2D eigenvalue weighted by molar-refractivity contribution is -0.140. The zero-order valence-corrected chi connectivity index (χ0v) is 17.8. The topological polar surface area (TPSA) is 77.6 Å². The Kier molecular flexibility index (Phi) is 7.74. The van der Waals surface area contributed by atoms with E-state index in [0.29, 0.717) is 0 Å². The Labute approximate surface area is 176 Å². The van der Waals surface area contributed by atoms with Crippen LogP contribution >= 0.6 is 11.3 Å². The van der Waals surface area contributed by atoms with Crippen molar-refractivity contribution in [2.24, 2.45) is 0 Å². The van der Waals surface area contributed by atoms with Crippen molar-refractivity contribution in [3.8, 4) is 0 Å². The summed E-state index contributed by atoms with van der Waals surface area (Å²) in [5.74, 6) is -1.23. The lowest BCUT2D eigenvalue weighted by Gasteiger charge is -2.41. The van der Waals surface area contributed by atoms with Gasteiger partial charge in [0.15, 0.2) is 0 Å². The second-order valence-electron chi connectivity index (χ2n) is 7.24. The second kappa shape index (κ2) is 10.5. The smallest absolute Gasteiger partial charge is 0.309 e. The molecule has 8 heteroatoms. The maximum absolute atomic E-state index is 12.5. The number of thiophene rings is 1. The molecule has 156 valence electrons. The molecule has 0 bridgehead atoms. The molecule has 7 nitrogen and oxygen atoms in total. The average Bonchev–Trinajstić information content (AvgIpc) is 3.27. The summed E-state index contributed by atoms with van der Waals surface area (Å²) in [5.41, 5.74) is 0.854. The normalized spacial score (nSPS) is 17.4. The Bertz CT molecular complexity index is 776. The van der Waals surface area contributed by atoms with Gasteiger partial charge in [-0.25, -0.2) is 0 Å². The van der Waals surface area contributed by atoms with Crippen molar-refractivity contribution in [2.75, 3.05) is 32.7 Å². The lowest BCUT2D eigenvalue weighted by Crippen LogP contribution is -2.53. The van der Waals surface area contributed by atoms with Crippen molar-refractivity contribution in [2.45, 2.75) is 32.5 Å². The molecule has 0 radical (unpaired) electrons. The number of hydrogen-bond acceptors (Lipinski definition) is 6. The molecule has 2 aromatic rings. The van der Waals surface area contributed by atoms with E-state index in [1.807, 2.05) is 19.1 Å². The zero-order chi connectivity index (χ0) is 20.6. The first-order valence-corrected chi connectivity index (χ1v) is 10.9. The molecule has 1 saturated heterocycles. The van der Waals surface area contributed by atoms with E-state index in [9.17, 15) is 9.59 Å². The number of nitrogens with zero attached hydrogens (tertiary/aromatic N) is 3. The predicted octanol–water partition coefficient (Wildman–Crippen LogP) is 1.64. The highest BCUT2D eigenvalue weighted by Gasteiger charge is 2.31. The van der Waals surface area contributed by atoms with Crippen molar-refractivity contribution < 1.29 is 9.59 Å². The van der Waals surface area contributed by atoms with E-state index in [4.69, 9.17) is 0 Å². The molecule has 1 aliphatic heterocycles. The molecule has 0 unspecified atom stereocenters. The minimum Gasteiger partial charge on any atom is -0.344 e. The van der Waals surface area contributed by atoms with Crippen LogP contribution in [0.15, 0.2) is 42.0 Å². The summed E-state index contributed by atoms with van der Waals surface area (Å²) in [6.45, 7) is 9.42. The van der Waals surface area contributed by atoms with Crippen LogP contribution in [0.1, 0.15) is 30.3 Å². The van der Waals surface area contributed by atoms with Gasteiger partial charge in [0.05, 0.1) is 6.04 Å². The van der Waals surface area contributed by atoms with Crippen LogP contribution in [-0.2, 0) is 16.1 Å². The first-order chi connectivity index (χ1) is 14.1. The van der Waals surface area contributed by atoms with Crippen molar-refractivity contribution in [3.63, 3.8) is 0 Å². The monoisotopic (exact) mass is 415 g/mol. The van der Waals surface area contributed by atoms with Gasteiger partial charge in [0.1, 0.15) is 0 Å². The molecular formula is C21H29N5O2S. The molecule has 3 heterocycles. The number of aromatic nitrogens is 1. The van der Waals surface area contributed by atoms with E-state index in [-0.39, 0.29) is 18.6 Å². The van der Waals surface area contributed by atoms with Crippen LogP contribution in [0.3, 0.4) is 0 Å². The van der Waals surface area contributed by atoms with Crippen molar-refractivity contribution in [1.29, 1.82) is 0 Å². The molecule has 2 amide bonds. The molecule has 29 heavy (non-hydrogen) atoms. The number of amides is 2. The number of likely N-dealkylation sites (N-methyl/N-ethyl adjacent to an activating group) is 1. The van der Waals surface area contributed by atoms with E-state index < -0.39 is 11.8 Å². The summed E-state index contributed by atoms with van der Waals surface area (Å²) in [6.07, 6.45) is 3.34. The van der Waals surface area contributed by atoms with Gasteiger partial charge in [0.25, 0.3) is 0 Å². The van der Waals surface area contributed by atoms with Crippen LogP contribution in [0.4, 0.5) is 0 Å². The van der Waals surface area contributed by atoms with Crippen LogP contribution < -0.4 is 10.6 Å². The average molecular weight is 416 g/mol. The van der Waals surface area contributed by atoms with E-state index >= 15 is 0 Å². The number of carbonyl (C=O) groups excluding carboxylic acids is 2. The number of rotatable bonds is 7. The molecule has 2 aromatic heterocycles. The molecule has 1 aliphatic rings. The molecule has 2 N–H and O–H groups in total. The summed E-state index contributed by atoms with van der Waals surface area (Å²) in [7, 11) is 0. The van der Waals surface area contributed by atoms with Crippen molar-refractivity contribution in [1.82, 2.24) is 25.4 Å². The minimum atomic E-state index is -0.624. The van der Waals surface area contributed by atoms with E-state index in [0.717, 1.165) is 38.3 Å². The summed E-state index contributed by atoms with van der Waals surface area (Å²) in [6, 6.07) is 7.67. The fourth-order valence-corrected chi connectivity index (χ4v) is 4.64. The number of nitrogens with one attached hydrogen (secondary N) is 2.